The van der Waals surface area contributed by atoms with E-state index in [9.17, 15) is 13.2 Å². The molecule has 1 fully saturated rings. The van der Waals surface area contributed by atoms with Gasteiger partial charge in [-0.05, 0) is 42.7 Å². The first-order valence-corrected chi connectivity index (χ1v) is 11.3. The molecule has 2 aromatic carbocycles. The quantitative estimate of drug-likeness (QED) is 0.586. The van der Waals surface area contributed by atoms with Crippen molar-refractivity contribution in [2.45, 2.75) is 24.3 Å². The Morgan fingerprint density at radius 1 is 1.03 bits per heavy atom. The predicted octanol–water partition coefficient (Wildman–Crippen LogP) is 2.73. The Bertz CT molecular complexity index is 967. The lowest BCUT2D eigenvalue weighted by atomic mass is 10.2. The van der Waals surface area contributed by atoms with Crippen molar-refractivity contribution in [2.24, 2.45) is 0 Å². The van der Waals surface area contributed by atoms with Crippen LogP contribution in [0.3, 0.4) is 0 Å². The summed E-state index contributed by atoms with van der Waals surface area (Å²) in [6, 6.07) is 13.7. The van der Waals surface area contributed by atoms with Crippen LogP contribution in [0.2, 0.25) is 0 Å². The fourth-order valence-corrected chi connectivity index (χ4v) is 4.61. The van der Waals surface area contributed by atoms with Crippen LogP contribution in [0.4, 0.5) is 0 Å². The Morgan fingerprint density at radius 3 is 2.30 bits per heavy atom. The number of sulfonamides is 1. The van der Waals surface area contributed by atoms with Crippen molar-refractivity contribution < 1.29 is 22.7 Å². The summed E-state index contributed by atoms with van der Waals surface area (Å²) >= 11 is 0. The molecule has 1 aliphatic rings. The second-order valence-corrected chi connectivity index (χ2v) is 8.80. The number of hydrogen-bond acceptors (Lipinski definition) is 5. The molecule has 1 N–H and O–H groups in total. The van der Waals surface area contributed by atoms with E-state index < -0.39 is 10.0 Å². The Hall–Kier alpha value is -2.84. The Kier molecular flexibility index (Phi) is 7.48. The Morgan fingerprint density at radius 2 is 1.67 bits per heavy atom. The monoisotopic (exact) mass is 430 g/mol. The number of amides is 1. The van der Waals surface area contributed by atoms with Crippen LogP contribution in [-0.4, -0.2) is 44.9 Å². The molecule has 1 saturated heterocycles. The number of nitrogens with one attached hydrogen (secondary N) is 1. The number of benzene rings is 2. The molecule has 1 amide bonds. The van der Waals surface area contributed by atoms with Gasteiger partial charge in [0, 0.05) is 19.6 Å². The average Bonchev–Trinajstić information content (AvgIpc) is 3.31. The van der Waals surface area contributed by atoms with E-state index in [-0.39, 0.29) is 24.0 Å². The molecule has 30 heavy (non-hydrogen) atoms. The molecule has 0 bridgehead atoms. The smallest absolute Gasteiger partial charge is 0.258 e. The van der Waals surface area contributed by atoms with Crippen molar-refractivity contribution >= 4 is 15.9 Å². The van der Waals surface area contributed by atoms with Crippen LogP contribution < -0.4 is 14.8 Å². The summed E-state index contributed by atoms with van der Waals surface area (Å²) in [6.07, 6.45) is 3.43. The van der Waals surface area contributed by atoms with E-state index in [1.807, 2.05) is 6.07 Å². The van der Waals surface area contributed by atoms with Gasteiger partial charge in [0.15, 0.2) is 18.1 Å². The largest absolute Gasteiger partial charge is 0.486 e. The van der Waals surface area contributed by atoms with E-state index in [2.05, 4.69) is 11.9 Å². The van der Waals surface area contributed by atoms with Gasteiger partial charge in [0.25, 0.3) is 5.91 Å². The lowest BCUT2D eigenvalue weighted by Crippen LogP contribution is -2.29. The van der Waals surface area contributed by atoms with Gasteiger partial charge in [0.2, 0.25) is 10.0 Å². The minimum absolute atomic E-state index is 0.157. The van der Waals surface area contributed by atoms with Crippen LogP contribution in [-0.2, 0) is 21.4 Å². The van der Waals surface area contributed by atoms with E-state index in [1.165, 1.54) is 4.31 Å². The molecular formula is C22H26N2O5S. The fraction of sp³-hybridized carbons (Fsp3) is 0.318. The third kappa shape index (κ3) is 5.61. The van der Waals surface area contributed by atoms with Crippen LogP contribution in [0.15, 0.2) is 66.1 Å². The number of nitrogens with zero attached hydrogens (tertiary/aromatic N) is 1. The highest BCUT2D eigenvalue weighted by molar-refractivity contribution is 7.89. The summed E-state index contributed by atoms with van der Waals surface area (Å²) in [5, 5.41) is 2.76. The van der Waals surface area contributed by atoms with Crippen LogP contribution in [0.1, 0.15) is 18.4 Å². The second-order valence-electron chi connectivity index (χ2n) is 6.87. The van der Waals surface area contributed by atoms with Gasteiger partial charge in [0.05, 0.1) is 4.90 Å². The van der Waals surface area contributed by atoms with Crippen LogP contribution in [0, 0.1) is 0 Å². The number of ether oxygens (including phenoxy) is 2. The van der Waals surface area contributed by atoms with Crippen molar-refractivity contribution in [3.63, 3.8) is 0 Å². The van der Waals surface area contributed by atoms with Crippen molar-refractivity contribution in [1.29, 1.82) is 0 Å². The number of hydrogen-bond donors (Lipinski definition) is 1. The fourth-order valence-electron chi connectivity index (χ4n) is 3.09. The van der Waals surface area contributed by atoms with Gasteiger partial charge in [0.1, 0.15) is 6.61 Å². The zero-order valence-electron chi connectivity index (χ0n) is 16.7. The van der Waals surface area contributed by atoms with Crippen LogP contribution in [0.25, 0.3) is 0 Å². The minimum Gasteiger partial charge on any atom is -0.486 e. The lowest BCUT2D eigenvalue weighted by Gasteiger charge is -2.15. The molecule has 0 unspecified atom stereocenters. The van der Waals surface area contributed by atoms with Gasteiger partial charge in [-0.25, -0.2) is 8.42 Å². The van der Waals surface area contributed by atoms with E-state index in [4.69, 9.17) is 9.47 Å². The molecule has 0 spiro atoms. The summed E-state index contributed by atoms with van der Waals surface area (Å²) in [5.41, 5.74) is 0.804. The topological polar surface area (TPSA) is 84.9 Å². The second kappa shape index (κ2) is 10.3. The highest BCUT2D eigenvalue weighted by Gasteiger charge is 2.26. The van der Waals surface area contributed by atoms with E-state index in [1.54, 1.807) is 48.5 Å². The predicted molar refractivity (Wildman–Crippen MR) is 114 cm³/mol. The third-order valence-electron chi connectivity index (χ3n) is 4.68. The van der Waals surface area contributed by atoms with Gasteiger partial charge in [-0.2, -0.15) is 4.31 Å². The maximum Gasteiger partial charge on any atom is 0.258 e. The molecule has 8 heteroatoms. The van der Waals surface area contributed by atoms with Crippen molar-refractivity contribution in [2.75, 3.05) is 26.3 Å². The SMILES string of the molecule is C=CCOc1ccccc1OCC(=O)NCc1ccc(S(=O)(=O)N2CCCC2)cc1. The number of rotatable bonds is 10. The van der Waals surface area contributed by atoms with Crippen LogP contribution in [0.5, 0.6) is 11.5 Å². The van der Waals surface area contributed by atoms with Gasteiger partial charge >= 0.3 is 0 Å². The van der Waals surface area contributed by atoms with E-state index >= 15 is 0 Å². The van der Waals surface area contributed by atoms with Crippen molar-refractivity contribution in [3.8, 4) is 11.5 Å². The molecule has 0 saturated carbocycles. The van der Waals surface area contributed by atoms with E-state index in [0.717, 1.165) is 18.4 Å². The molecule has 0 radical (unpaired) electrons. The molecule has 1 aliphatic heterocycles. The van der Waals surface area contributed by atoms with Crippen molar-refractivity contribution in [3.05, 3.63) is 66.7 Å². The molecule has 3 rings (SSSR count). The molecule has 0 aromatic heterocycles. The zero-order chi connectivity index (χ0) is 21.4. The first-order valence-electron chi connectivity index (χ1n) is 9.82. The number of carbonyl (C=O) groups is 1. The van der Waals surface area contributed by atoms with Crippen LogP contribution >= 0.6 is 0 Å². The molecule has 7 nitrogen and oxygen atoms in total. The summed E-state index contributed by atoms with van der Waals surface area (Å²) < 4.78 is 37.7. The van der Waals surface area contributed by atoms with Gasteiger partial charge in [-0.15, -0.1) is 0 Å². The molecule has 2 aromatic rings. The average molecular weight is 431 g/mol. The lowest BCUT2D eigenvalue weighted by molar-refractivity contribution is -0.123. The zero-order valence-corrected chi connectivity index (χ0v) is 17.6. The third-order valence-corrected chi connectivity index (χ3v) is 6.59. The molecule has 160 valence electrons. The normalized spacial score (nSPS) is 14.3. The van der Waals surface area contributed by atoms with Crippen molar-refractivity contribution in [1.82, 2.24) is 9.62 Å². The van der Waals surface area contributed by atoms with Gasteiger partial charge in [-0.3, -0.25) is 4.79 Å². The first-order chi connectivity index (χ1) is 14.5. The van der Waals surface area contributed by atoms with E-state index in [0.29, 0.717) is 31.2 Å². The number of para-hydroxylation sites is 2. The van der Waals surface area contributed by atoms with Gasteiger partial charge in [-0.1, -0.05) is 36.9 Å². The first kappa shape index (κ1) is 21.9. The van der Waals surface area contributed by atoms with Gasteiger partial charge < -0.3 is 14.8 Å². The maximum atomic E-state index is 12.5. The summed E-state index contributed by atoms with van der Waals surface area (Å²) in [5.74, 6) is 0.730. The highest BCUT2D eigenvalue weighted by Crippen LogP contribution is 2.26. The molecule has 0 aliphatic carbocycles. The number of carbonyl (C=O) groups excluding carboxylic acids is 1. The standard InChI is InChI=1S/C22H26N2O5S/c1-2-15-28-20-7-3-4-8-21(20)29-17-22(25)23-16-18-9-11-19(12-10-18)30(26,27)24-13-5-6-14-24/h2-4,7-12H,1,5-6,13-17H2,(H,23,25). The summed E-state index contributed by atoms with van der Waals surface area (Å²) in [6.45, 7) is 5.21. The summed E-state index contributed by atoms with van der Waals surface area (Å²) in [7, 11) is -3.43. The Labute approximate surface area is 177 Å². The Balaban J connectivity index is 1.50. The maximum absolute atomic E-state index is 12.5. The minimum atomic E-state index is -3.43. The molecule has 1 heterocycles. The summed E-state index contributed by atoms with van der Waals surface area (Å²) in [4.78, 5) is 12.4. The molecular weight excluding hydrogens is 404 g/mol. The highest BCUT2D eigenvalue weighted by atomic mass is 32.2. The molecule has 0 atom stereocenters.